The van der Waals surface area contributed by atoms with Crippen molar-refractivity contribution in [3.05, 3.63) is 54.6 Å². The second kappa shape index (κ2) is 10.7. The first kappa shape index (κ1) is 25.9. The van der Waals surface area contributed by atoms with E-state index in [9.17, 15) is 8.42 Å². The van der Waals surface area contributed by atoms with Crippen LogP contribution in [0, 0.1) is 11.8 Å². The summed E-state index contributed by atoms with van der Waals surface area (Å²) in [7, 11) is -5.04. The summed E-state index contributed by atoms with van der Waals surface area (Å²) in [5.41, 5.74) is 1.21. The lowest BCUT2D eigenvalue weighted by molar-refractivity contribution is 0.251. The first-order valence-electron chi connectivity index (χ1n) is 10.5. The molecule has 1 aromatic carbocycles. The quantitative estimate of drug-likeness (QED) is 0.288. The molecule has 2 atom stereocenters. The number of benzene rings is 1. The van der Waals surface area contributed by atoms with E-state index < -0.39 is 18.2 Å². The Labute approximate surface area is 180 Å². The number of rotatable bonds is 11. The fraction of sp³-hybridized carbons (Fsp3) is 0.583. The Morgan fingerprint density at radius 1 is 1.21 bits per heavy atom. The highest BCUT2D eigenvalue weighted by molar-refractivity contribution is 7.91. The molecule has 0 bridgehead atoms. The van der Waals surface area contributed by atoms with Crippen molar-refractivity contribution < 1.29 is 12.8 Å². The van der Waals surface area contributed by atoms with Gasteiger partial charge >= 0.3 is 0 Å². The molecule has 0 spiro atoms. The first-order chi connectivity index (χ1) is 13.3. The predicted molar refractivity (Wildman–Crippen MR) is 127 cm³/mol. The summed E-state index contributed by atoms with van der Waals surface area (Å²) in [6.07, 6.45) is 5.82. The van der Waals surface area contributed by atoms with Crippen molar-refractivity contribution in [2.45, 2.75) is 70.5 Å². The fourth-order valence-electron chi connectivity index (χ4n) is 3.11. The summed E-state index contributed by atoms with van der Waals surface area (Å²) < 4.78 is 31.6. The topological polar surface area (TPSA) is 43.4 Å². The number of allylic oxidation sites excluding steroid dienone is 2. The summed E-state index contributed by atoms with van der Waals surface area (Å²) in [4.78, 5) is 0.404. The molecule has 0 radical (unpaired) electrons. The van der Waals surface area contributed by atoms with Crippen LogP contribution in [-0.2, 0) is 14.3 Å². The molecule has 0 heterocycles. The Bertz CT molecular complexity index is 774. The van der Waals surface area contributed by atoms with Crippen LogP contribution in [0.4, 0.5) is 0 Å². The van der Waals surface area contributed by atoms with Crippen LogP contribution < -0.4 is 0 Å². The van der Waals surface area contributed by atoms with Crippen LogP contribution >= 0.6 is 0 Å². The van der Waals surface area contributed by atoms with Crippen molar-refractivity contribution in [3.8, 4) is 0 Å². The Morgan fingerprint density at radius 3 is 2.31 bits per heavy atom. The van der Waals surface area contributed by atoms with E-state index >= 15 is 0 Å². The SMILES string of the molecule is C=CC[C@H](/C=C(\C)C[C@H](C)CS(=O)(=O)c1ccccc1)CO[Si](C)(C)C(C)(C)C. The summed E-state index contributed by atoms with van der Waals surface area (Å²) in [6.45, 7) is 20.0. The molecule has 164 valence electrons. The minimum Gasteiger partial charge on any atom is -0.416 e. The van der Waals surface area contributed by atoms with Gasteiger partial charge in [-0.25, -0.2) is 8.42 Å². The van der Waals surface area contributed by atoms with Crippen molar-refractivity contribution >= 4 is 18.2 Å². The zero-order valence-corrected chi connectivity index (χ0v) is 21.2. The van der Waals surface area contributed by atoms with Gasteiger partial charge in [0.1, 0.15) is 0 Å². The average molecular weight is 437 g/mol. The van der Waals surface area contributed by atoms with E-state index in [0.29, 0.717) is 11.5 Å². The van der Waals surface area contributed by atoms with E-state index in [1.54, 1.807) is 24.3 Å². The van der Waals surface area contributed by atoms with E-state index in [2.05, 4.69) is 53.4 Å². The lowest BCUT2D eigenvalue weighted by atomic mass is 9.98. The van der Waals surface area contributed by atoms with Crippen LogP contribution in [-0.4, -0.2) is 29.1 Å². The monoisotopic (exact) mass is 436 g/mol. The average Bonchev–Trinajstić information content (AvgIpc) is 2.59. The van der Waals surface area contributed by atoms with Gasteiger partial charge < -0.3 is 4.43 Å². The van der Waals surface area contributed by atoms with Crippen molar-refractivity contribution in [1.29, 1.82) is 0 Å². The maximum Gasteiger partial charge on any atom is 0.192 e. The molecule has 0 aliphatic rings. The smallest absolute Gasteiger partial charge is 0.192 e. The van der Waals surface area contributed by atoms with Crippen LogP contribution in [0.2, 0.25) is 18.1 Å². The third kappa shape index (κ3) is 8.61. The molecule has 5 heteroatoms. The maximum atomic E-state index is 12.6. The van der Waals surface area contributed by atoms with Gasteiger partial charge in [-0.05, 0) is 55.9 Å². The molecule has 29 heavy (non-hydrogen) atoms. The van der Waals surface area contributed by atoms with E-state index in [1.807, 2.05) is 19.1 Å². The molecular formula is C24H40O3SSi. The predicted octanol–water partition coefficient (Wildman–Crippen LogP) is 6.65. The Kier molecular flexibility index (Phi) is 9.57. The van der Waals surface area contributed by atoms with Gasteiger partial charge in [-0.3, -0.25) is 0 Å². The molecule has 0 saturated carbocycles. The van der Waals surface area contributed by atoms with Crippen LogP contribution in [0.1, 0.15) is 47.5 Å². The van der Waals surface area contributed by atoms with Gasteiger partial charge in [0.05, 0.1) is 10.6 Å². The van der Waals surface area contributed by atoms with Crippen LogP contribution in [0.5, 0.6) is 0 Å². The molecule has 1 aromatic rings. The number of sulfone groups is 1. The van der Waals surface area contributed by atoms with Crippen LogP contribution in [0.3, 0.4) is 0 Å². The van der Waals surface area contributed by atoms with Gasteiger partial charge in [-0.2, -0.15) is 0 Å². The second-order valence-corrected chi connectivity index (χ2v) is 16.6. The number of hydrogen-bond acceptors (Lipinski definition) is 3. The molecule has 0 unspecified atom stereocenters. The summed E-state index contributed by atoms with van der Waals surface area (Å²) in [5, 5.41) is 0.185. The third-order valence-electron chi connectivity index (χ3n) is 5.73. The van der Waals surface area contributed by atoms with Gasteiger partial charge in [0.15, 0.2) is 18.2 Å². The summed E-state index contributed by atoms with van der Waals surface area (Å²) in [5.74, 6) is 0.496. The fourth-order valence-corrected chi connectivity index (χ4v) is 5.80. The molecule has 0 aliphatic heterocycles. The minimum absolute atomic E-state index is 0.0575. The molecule has 0 aromatic heterocycles. The molecule has 0 aliphatic carbocycles. The molecule has 0 N–H and O–H groups in total. The normalized spacial score (nSPS) is 15.8. The maximum absolute atomic E-state index is 12.6. The molecule has 3 nitrogen and oxygen atoms in total. The van der Waals surface area contributed by atoms with Gasteiger partial charge in [0.25, 0.3) is 0 Å². The summed E-state index contributed by atoms with van der Waals surface area (Å²) >= 11 is 0. The van der Waals surface area contributed by atoms with Crippen molar-refractivity contribution in [3.63, 3.8) is 0 Å². The van der Waals surface area contributed by atoms with E-state index in [1.165, 1.54) is 5.57 Å². The van der Waals surface area contributed by atoms with Crippen molar-refractivity contribution in [2.24, 2.45) is 11.8 Å². The highest BCUT2D eigenvalue weighted by Gasteiger charge is 2.37. The van der Waals surface area contributed by atoms with Crippen molar-refractivity contribution in [1.82, 2.24) is 0 Å². The molecule has 1 rings (SSSR count). The Balaban J connectivity index is 2.75. The van der Waals surface area contributed by atoms with E-state index in [0.717, 1.165) is 12.8 Å². The Morgan fingerprint density at radius 2 is 1.79 bits per heavy atom. The van der Waals surface area contributed by atoms with Gasteiger partial charge in [-0.15, -0.1) is 6.58 Å². The molecule has 0 fully saturated rings. The van der Waals surface area contributed by atoms with Gasteiger partial charge in [-0.1, -0.05) is 63.6 Å². The highest BCUT2D eigenvalue weighted by Crippen LogP contribution is 2.37. The zero-order valence-electron chi connectivity index (χ0n) is 19.4. The summed E-state index contributed by atoms with van der Waals surface area (Å²) in [6, 6.07) is 8.71. The van der Waals surface area contributed by atoms with Gasteiger partial charge in [0.2, 0.25) is 0 Å². The number of hydrogen-bond donors (Lipinski definition) is 0. The van der Waals surface area contributed by atoms with Crippen LogP contribution in [0.25, 0.3) is 0 Å². The van der Waals surface area contributed by atoms with E-state index in [4.69, 9.17) is 4.43 Å². The first-order valence-corrected chi connectivity index (χ1v) is 15.0. The highest BCUT2D eigenvalue weighted by atomic mass is 32.2. The zero-order chi connectivity index (χ0) is 22.3. The lowest BCUT2D eigenvalue weighted by Crippen LogP contribution is -2.41. The lowest BCUT2D eigenvalue weighted by Gasteiger charge is -2.37. The molecule has 0 amide bonds. The van der Waals surface area contributed by atoms with Gasteiger partial charge in [0, 0.05) is 12.5 Å². The Hall–Kier alpha value is -1.17. The molecule has 0 saturated heterocycles. The third-order valence-corrected chi connectivity index (χ3v) is 12.2. The van der Waals surface area contributed by atoms with E-state index in [-0.39, 0.29) is 22.6 Å². The van der Waals surface area contributed by atoms with Crippen molar-refractivity contribution in [2.75, 3.05) is 12.4 Å². The largest absolute Gasteiger partial charge is 0.416 e. The molecular weight excluding hydrogens is 396 g/mol. The van der Waals surface area contributed by atoms with Crippen LogP contribution in [0.15, 0.2) is 59.5 Å². The minimum atomic E-state index is -3.25. The standard InChI is InChI=1S/C24H40O3SSi/c1-9-13-22(18-27-29(7,8)24(4,5)6)17-20(2)16-21(3)19-28(25,26)23-14-11-10-12-15-23/h9-12,14-15,17,21-22H,1,13,16,18-19H2,2-8H3/b20-17+/t21-,22+/m0/s1. The second-order valence-electron chi connectivity index (χ2n) is 9.77.